The van der Waals surface area contributed by atoms with Crippen LogP contribution >= 0.6 is 23.4 Å². The number of nitrogens with zero attached hydrogens (tertiary/aromatic N) is 6. The fourth-order valence-corrected chi connectivity index (χ4v) is 5.75. The van der Waals surface area contributed by atoms with Crippen molar-refractivity contribution in [1.82, 2.24) is 14.6 Å². The van der Waals surface area contributed by atoms with E-state index in [0.717, 1.165) is 10.2 Å². The number of nitrogen functional groups attached to an aromatic ring is 1. The number of aryl methyl sites for hydroxylation is 1. The van der Waals surface area contributed by atoms with E-state index in [-0.39, 0.29) is 5.91 Å². The van der Waals surface area contributed by atoms with Crippen LogP contribution in [0.2, 0.25) is 5.02 Å². The van der Waals surface area contributed by atoms with Crippen molar-refractivity contribution < 1.29 is 4.79 Å². The van der Waals surface area contributed by atoms with Gasteiger partial charge in [0.2, 0.25) is 0 Å². The Morgan fingerprint density at radius 2 is 1.75 bits per heavy atom. The largest absolute Gasteiger partial charge is 0.335 e. The first-order valence-electron chi connectivity index (χ1n) is 11.2. The van der Waals surface area contributed by atoms with Gasteiger partial charge < -0.3 is 10.7 Å². The third-order valence-corrected chi connectivity index (χ3v) is 7.53. The van der Waals surface area contributed by atoms with Crippen LogP contribution in [-0.4, -0.2) is 31.3 Å². The highest BCUT2D eigenvalue weighted by atomic mass is 35.5. The van der Waals surface area contributed by atoms with E-state index in [2.05, 4.69) is 10.1 Å². The maximum absolute atomic E-state index is 13.7. The molecule has 0 saturated heterocycles. The molecule has 2 atom stereocenters. The number of carbonyl (C=O) groups is 1. The summed E-state index contributed by atoms with van der Waals surface area (Å²) >= 11 is 7.55. The van der Waals surface area contributed by atoms with Crippen molar-refractivity contribution in [2.75, 3.05) is 10.9 Å². The molecule has 3 aliphatic rings. The molecule has 0 fully saturated rings. The minimum atomic E-state index is -0.639. The maximum Gasteiger partial charge on any atom is 0.279 e. The van der Waals surface area contributed by atoms with Gasteiger partial charge in [-0.3, -0.25) is 9.59 Å². The van der Waals surface area contributed by atoms with Crippen molar-refractivity contribution in [1.29, 1.82) is 0 Å². The predicted molar refractivity (Wildman–Crippen MR) is 142 cm³/mol. The Bertz CT molecular complexity index is 1560. The molecule has 11 heteroatoms. The summed E-state index contributed by atoms with van der Waals surface area (Å²) in [5, 5.41) is 9.09. The molecular formula is C25H20ClN7O2S. The number of halogens is 1. The lowest BCUT2D eigenvalue weighted by Crippen LogP contribution is -2.43. The summed E-state index contributed by atoms with van der Waals surface area (Å²) < 4.78 is 1.03. The number of para-hydroxylation sites is 1. The van der Waals surface area contributed by atoms with Crippen LogP contribution in [0.25, 0.3) is 0 Å². The molecule has 4 heterocycles. The molecule has 0 aliphatic carbocycles. The van der Waals surface area contributed by atoms with Crippen LogP contribution in [0, 0.1) is 12.8 Å². The van der Waals surface area contributed by atoms with Gasteiger partial charge >= 0.3 is 0 Å². The molecule has 9 nitrogen and oxygen atoms in total. The molecule has 1 aromatic heterocycles. The number of nitrogens with two attached hydrogens (primary N) is 1. The average Bonchev–Trinajstić information content (AvgIpc) is 3.41. The number of rotatable bonds is 3. The van der Waals surface area contributed by atoms with E-state index < -0.39 is 17.5 Å². The number of hydrogen-bond donors (Lipinski definition) is 1. The molecule has 0 radical (unpaired) electrons. The minimum absolute atomic E-state index is 0.175. The summed E-state index contributed by atoms with van der Waals surface area (Å²) in [5.41, 5.74) is 2.76. The Hall–Kier alpha value is -3.89. The molecule has 2 N–H and O–H groups in total. The van der Waals surface area contributed by atoms with E-state index in [1.165, 1.54) is 16.8 Å². The van der Waals surface area contributed by atoms with Crippen LogP contribution in [0.1, 0.15) is 29.9 Å². The number of hydrazone groups is 1. The molecule has 3 aromatic rings. The molecule has 6 rings (SSSR count). The normalized spacial score (nSPS) is 20.6. The van der Waals surface area contributed by atoms with Crippen molar-refractivity contribution in [3.05, 3.63) is 98.0 Å². The van der Waals surface area contributed by atoms with Gasteiger partial charge in [-0.25, -0.2) is 14.7 Å². The van der Waals surface area contributed by atoms with E-state index in [1.807, 2.05) is 59.7 Å². The molecular weight excluding hydrogens is 498 g/mol. The highest BCUT2D eigenvalue weighted by Gasteiger charge is 2.47. The Balaban J connectivity index is 1.49. The minimum Gasteiger partial charge on any atom is -0.335 e. The zero-order chi connectivity index (χ0) is 25.1. The lowest BCUT2D eigenvalue weighted by atomic mass is 9.93. The van der Waals surface area contributed by atoms with Gasteiger partial charge in [0.15, 0.2) is 11.0 Å². The topological polar surface area (TPSA) is 109 Å². The molecule has 0 spiro atoms. The van der Waals surface area contributed by atoms with Gasteiger partial charge in [-0.2, -0.15) is 10.1 Å². The second-order valence-corrected chi connectivity index (χ2v) is 9.88. The first-order chi connectivity index (χ1) is 17.3. The van der Waals surface area contributed by atoms with E-state index in [4.69, 9.17) is 22.4 Å². The van der Waals surface area contributed by atoms with Crippen LogP contribution in [-0.2, 0) is 4.79 Å². The Kier molecular flexibility index (Phi) is 5.24. The number of carbonyl (C=O) groups excluding carboxylic acids is 1. The number of aromatic nitrogens is 2. The third-order valence-electron chi connectivity index (χ3n) is 6.42. The van der Waals surface area contributed by atoms with E-state index in [1.54, 1.807) is 19.1 Å². The number of aliphatic imine (C=N–C) groups is 1. The number of anilines is 1. The summed E-state index contributed by atoms with van der Waals surface area (Å²) in [6, 6.07) is 15.9. The predicted octanol–water partition coefficient (Wildman–Crippen LogP) is 3.94. The number of amides is 1. The zero-order valence-corrected chi connectivity index (χ0v) is 20.9. The maximum atomic E-state index is 13.7. The first-order valence-corrected chi connectivity index (χ1v) is 12.4. The zero-order valence-electron chi connectivity index (χ0n) is 19.3. The van der Waals surface area contributed by atoms with Crippen molar-refractivity contribution in [3.8, 4) is 0 Å². The lowest BCUT2D eigenvalue weighted by Gasteiger charge is -2.36. The SMILES string of the molecule is CC1=NN(c2ccccc2)C(=O)C1C1=CSC2=Nc3nc(C)n(N)c(=O)c3C(c3ccc(Cl)cc3)N12. The second kappa shape index (κ2) is 8.35. The number of benzene rings is 2. The fraction of sp³-hybridized carbons (Fsp3) is 0.160. The average molecular weight is 518 g/mol. The summed E-state index contributed by atoms with van der Waals surface area (Å²) in [7, 11) is 0. The summed E-state index contributed by atoms with van der Waals surface area (Å²) in [6.07, 6.45) is 0. The van der Waals surface area contributed by atoms with Crippen LogP contribution in [0.15, 0.2) is 80.6 Å². The smallest absolute Gasteiger partial charge is 0.279 e. The Morgan fingerprint density at radius 3 is 2.47 bits per heavy atom. The Morgan fingerprint density at radius 1 is 1.03 bits per heavy atom. The molecule has 36 heavy (non-hydrogen) atoms. The molecule has 3 aliphatic heterocycles. The molecule has 1 amide bonds. The quantitative estimate of drug-likeness (QED) is 0.527. The van der Waals surface area contributed by atoms with Gasteiger partial charge in [-0.05, 0) is 49.1 Å². The van der Waals surface area contributed by atoms with Crippen molar-refractivity contribution in [2.24, 2.45) is 16.0 Å². The number of thioether (sulfide) groups is 1. The number of fused-ring (bicyclic) bond motifs is 2. The summed E-state index contributed by atoms with van der Waals surface area (Å²) in [6.45, 7) is 3.49. The standard InChI is InChI=1S/C25H20ClN7O2S/c1-13-19(24(35)33(30-13)17-6-4-3-5-7-17)18-12-36-25-29-22-20(23(34)32(27)14(2)28-22)21(31(18)25)15-8-10-16(26)11-9-15/h3-12,19,21H,27H2,1-2H3. The molecule has 2 aromatic carbocycles. The lowest BCUT2D eigenvalue weighted by molar-refractivity contribution is -0.119. The van der Waals surface area contributed by atoms with Gasteiger partial charge in [-0.15, -0.1) is 0 Å². The molecule has 180 valence electrons. The monoisotopic (exact) mass is 517 g/mol. The van der Waals surface area contributed by atoms with E-state index in [0.29, 0.717) is 44.5 Å². The van der Waals surface area contributed by atoms with Gasteiger partial charge in [0, 0.05) is 10.7 Å². The number of hydrogen-bond acceptors (Lipinski definition) is 8. The van der Waals surface area contributed by atoms with E-state index in [9.17, 15) is 9.59 Å². The van der Waals surface area contributed by atoms with Crippen LogP contribution in [0.3, 0.4) is 0 Å². The summed E-state index contributed by atoms with van der Waals surface area (Å²) in [4.78, 5) is 38.2. The van der Waals surface area contributed by atoms with Crippen molar-refractivity contribution >= 4 is 51.7 Å². The van der Waals surface area contributed by atoms with Crippen molar-refractivity contribution in [2.45, 2.75) is 19.9 Å². The van der Waals surface area contributed by atoms with Crippen LogP contribution in [0.5, 0.6) is 0 Å². The fourth-order valence-electron chi connectivity index (χ4n) is 4.69. The highest BCUT2D eigenvalue weighted by Crippen LogP contribution is 2.47. The van der Waals surface area contributed by atoms with Gasteiger partial charge in [0.1, 0.15) is 11.7 Å². The third kappa shape index (κ3) is 3.36. The van der Waals surface area contributed by atoms with Gasteiger partial charge in [0.05, 0.1) is 23.0 Å². The molecule has 0 bridgehead atoms. The van der Waals surface area contributed by atoms with Gasteiger partial charge in [-0.1, -0.05) is 53.7 Å². The van der Waals surface area contributed by atoms with Gasteiger partial charge in [0.25, 0.3) is 11.5 Å². The summed E-state index contributed by atoms with van der Waals surface area (Å²) in [5.74, 6) is 5.91. The van der Waals surface area contributed by atoms with E-state index >= 15 is 0 Å². The second-order valence-electron chi connectivity index (χ2n) is 8.61. The van der Waals surface area contributed by atoms with Crippen LogP contribution in [0.4, 0.5) is 11.5 Å². The van der Waals surface area contributed by atoms with Crippen molar-refractivity contribution in [3.63, 3.8) is 0 Å². The highest BCUT2D eigenvalue weighted by molar-refractivity contribution is 8.16. The molecule has 0 saturated carbocycles. The molecule has 2 unspecified atom stereocenters. The first kappa shape index (κ1) is 22.6. The number of amidine groups is 1. The van der Waals surface area contributed by atoms with Crippen LogP contribution < -0.4 is 16.4 Å². The Labute approximate surface area is 215 Å².